The number of hydrogen-bond acceptors (Lipinski definition) is 6. The van der Waals surface area contributed by atoms with Gasteiger partial charge in [-0.05, 0) is 24.3 Å². The summed E-state index contributed by atoms with van der Waals surface area (Å²) in [6.07, 6.45) is 2.47. The fourth-order valence-corrected chi connectivity index (χ4v) is 2.88. The smallest absolute Gasteiger partial charge is 0.301 e. The number of carbonyl (C=O) groups is 1. The molecule has 3 heterocycles. The fraction of sp³-hybridized carbons (Fsp3) is 0.158. The number of rotatable bonds is 6. The summed E-state index contributed by atoms with van der Waals surface area (Å²) < 4.78 is 37.0. The molecule has 0 radical (unpaired) electrons. The molecule has 154 valence electrons. The highest BCUT2D eigenvalue weighted by molar-refractivity contribution is 6.30. The number of benzene rings is 1. The summed E-state index contributed by atoms with van der Waals surface area (Å²) >= 11 is 5.99. The van der Waals surface area contributed by atoms with E-state index in [9.17, 15) is 13.6 Å². The van der Waals surface area contributed by atoms with E-state index in [2.05, 4.69) is 20.5 Å². The van der Waals surface area contributed by atoms with Gasteiger partial charge >= 0.3 is 5.92 Å². The molecule has 1 N–H and O–H groups in total. The van der Waals surface area contributed by atoms with Crippen LogP contribution in [0, 0.1) is 0 Å². The zero-order valence-electron chi connectivity index (χ0n) is 15.5. The highest BCUT2D eigenvalue weighted by Crippen LogP contribution is 2.29. The molecule has 0 aliphatic heterocycles. The summed E-state index contributed by atoms with van der Waals surface area (Å²) in [5, 5.41) is 11.1. The molecule has 1 amide bonds. The van der Waals surface area contributed by atoms with E-state index in [1.807, 2.05) is 0 Å². The number of alkyl halides is 2. The maximum Gasteiger partial charge on any atom is 0.301 e. The second kappa shape index (κ2) is 7.71. The molecule has 0 atom stereocenters. The molecule has 0 aliphatic rings. The van der Waals surface area contributed by atoms with Gasteiger partial charge in [0, 0.05) is 17.5 Å². The predicted molar refractivity (Wildman–Crippen MR) is 102 cm³/mol. The molecule has 0 bridgehead atoms. The van der Waals surface area contributed by atoms with Gasteiger partial charge < -0.3 is 14.2 Å². The van der Waals surface area contributed by atoms with Gasteiger partial charge in [-0.3, -0.25) is 4.79 Å². The monoisotopic (exact) mass is 433 g/mol. The minimum absolute atomic E-state index is 0.0175. The third kappa shape index (κ3) is 4.23. The molecule has 8 nitrogen and oxygen atoms in total. The average molecular weight is 434 g/mol. The van der Waals surface area contributed by atoms with Gasteiger partial charge in [0.15, 0.2) is 29.4 Å². The third-order valence-electron chi connectivity index (χ3n) is 4.04. The number of carbonyl (C=O) groups excluding carboxylic acids is 1. The molecule has 0 saturated heterocycles. The van der Waals surface area contributed by atoms with E-state index in [0.717, 1.165) is 13.3 Å². The standard InChI is InChI=1S/C19H14ClF2N5O3/c1-19(21,22)14-6-5-13(30-14)9-27-24-8-15(26-27)25-18(28)16-17(29-10-23-16)11-3-2-4-12(20)7-11/h2-8,10H,9H2,1H3,(H,25,26,28). The first-order valence-corrected chi connectivity index (χ1v) is 9.05. The second-order valence-corrected chi connectivity index (χ2v) is 6.85. The van der Waals surface area contributed by atoms with Crippen LogP contribution in [0.4, 0.5) is 14.6 Å². The Labute approximate surface area is 173 Å². The summed E-state index contributed by atoms with van der Waals surface area (Å²) in [5.74, 6) is -3.43. The van der Waals surface area contributed by atoms with Gasteiger partial charge in [0.1, 0.15) is 12.3 Å². The summed E-state index contributed by atoms with van der Waals surface area (Å²) in [6, 6.07) is 9.42. The Hall–Kier alpha value is -3.53. The molecule has 3 aromatic heterocycles. The summed E-state index contributed by atoms with van der Waals surface area (Å²) in [7, 11) is 0. The van der Waals surface area contributed by atoms with Gasteiger partial charge in [-0.15, -0.1) is 5.10 Å². The molecule has 0 saturated carbocycles. The highest BCUT2D eigenvalue weighted by atomic mass is 35.5. The summed E-state index contributed by atoms with van der Waals surface area (Å²) in [6.45, 7) is 0.765. The number of amides is 1. The number of nitrogens with zero attached hydrogens (tertiary/aromatic N) is 4. The second-order valence-electron chi connectivity index (χ2n) is 6.41. The van der Waals surface area contributed by atoms with Crippen LogP contribution < -0.4 is 5.32 Å². The third-order valence-corrected chi connectivity index (χ3v) is 4.27. The first kappa shape index (κ1) is 19.8. The van der Waals surface area contributed by atoms with E-state index in [4.69, 9.17) is 20.4 Å². The molecule has 11 heteroatoms. The molecule has 30 heavy (non-hydrogen) atoms. The zero-order chi connectivity index (χ0) is 21.3. The number of nitrogens with one attached hydrogen (secondary N) is 1. The Morgan fingerprint density at radius 2 is 2.13 bits per heavy atom. The molecule has 0 aliphatic carbocycles. The van der Waals surface area contributed by atoms with Crippen LogP contribution in [0.5, 0.6) is 0 Å². The van der Waals surface area contributed by atoms with E-state index in [0.29, 0.717) is 10.6 Å². The summed E-state index contributed by atoms with van der Waals surface area (Å²) in [5.41, 5.74) is 0.642. The maximum atomic E-state index is 13.3. The number of anilines is 1. The minimum Gasteiger partial charge on any atom is -0.458 e. The van der Waals surface area contributed by atoms with Gasteiger partial charge in [0.25, 0.3) is 5.91 Å². The van der Waals surface area contributed by atoms with Gasteiger partial charge in [-0.1, -0.05) is 23.7 Å². The van der Waals surface area contributed by atoms with Crippen molar-refractivity contribution in [3.05, 3.63) is 71.2 Å². The Morgan fingerprint density at radius 1 is 1.30 bits per heavy atom. The lowest BCUT2D eigenvalue weighted by Crippen LogP contribution is -2.14. The van der Waals surface area contributed by atoms with E-state index in [1.54, 1.807) is 24.3 Å². The van der Waals surface area contributed by atoms with Crippen molar-refractivity contribution in [2.24, 2.45) is 0 Å². The van der Waals surface area contributed by atoms with Crippen molar-refractivity contribution in [1.29, 1.82) is 0 Å². The van der Waals surface area contributed by atoms with Gasteiger partial charge in [0.2, 0.25) is 0 Å². The van der Waals surface area contributed by atoms with Crippen LogP contribution >= 0.6 is 11.6 Å². The van der Waals surface area contributed by atoms with Crippen LogP contribution in [-0.4, -0.2) is 25.9 Å². The normalized spacial score (nSPS) is 11.6. The van der Waals surface area contributed by atoms with E-state index >= 15 is 0 Å². The van der Waals surface area contributed by atoms with Crippen LogP contribution in [-0.2, 0) is 12.5 Å². The number of aromatic nitrogens is 4. The molecular weight excluding hydrogens is 420 g/mol. The van der Waals surface area contributed by atoms with Gasteiger partial charge in [0.05, 0.1) is 6.20 Å². The van der Waals surface area contributed by atoms with Crippen LogP contribution in [0.1, 0.15) is 28.9 Å². The van der Waals surface area contributed by atoms with Crippen molar-refractivity contribution in [3.63, 3.8) is 0 Å². The van der Waals surface area contributed by atoms with Crippen LogP contribution in [0.15, 0.2) is 57.8 Å². The van der Waals surface area contributed by atoms with E-state index in [1.165, 1.54) is 23.1 Å². The molecule has 4 rings (SSSR count). The van der Waals surface area contributed by atoms with Gasteiger partial charge in [-0.25, -0.2) is 4.98 Å². The SMILES string of the molecule is CC(F)(F)c1ccc(Cn2ncc(NC(=O)c3ncoc3-c3cccc(Cl)c3)n2)o1. The van der Waals surface area contributed by atoms with Crippen molar-refractivity contribution in [1.82, 2.24) is 20.0 Å². The Balaban J connectivity index is 1.46. The number of hydrogen-bond donors (Lipinski definition) is 1. The maximum absolute atomic E-state index is 13.3. The Morgan fingerprint density at radius 3 is 2.87 bits per heavy atom. The lowest BCUT2D eigenvalue weighted by atomic mass is 10.1. The van der Waals surface area contributed by atoms with Gasteiger partial charge in [-0.2, -0.15) is 18.7 Å². The van der Waals surface area contributed by atoms with Crippen molar-refractivity contribution < 1.29 is 22.4 Å². The lowest BCUT2D eigenvalue weighted by Gasteiger charge is -2.05. The Kier molecular flexibility index (Phi) is 5.08. The molecule has 0 unspecified atom stereocenters. The molecule has 4 aromatic rings. The molecular formula is C19H14ClF2N5O3. The first-order chi connectivity index (χ1) is 14.3. The Bertz CT molecular complexity index is 1190. The zero-order valence-corrected chi connectivity index (χ0v) is 16.2. The van der Waals surface area contributed by atoms with Crippen LogP contribution in [0.2, 0.25) is 5.02 Å². The topological polar surface area (TPSA) is 99.0 Å². The molecule has 0 spiro atoms. The quantitative estimate of drug-likeness (QED) is 0.477. The lowest BCUT2D eigenvalue weighted by molar-refractivity contribution is -0.00641. The van der Waals surface area contributed by atoms with E-state index < -0.39 is 17.6 Å². The predicted octanol–water partition coefficient (Wildman–Crippen LogP) is 4.59. The minimum atomic E-state index is -3.08. The molecule has 1 aromatic carbocycles. The largest absolute Gasteiger partial charge is 0.458 e. The highest BCUT2D eigenvalue weighted by Gasteiger charge is 2.28. The first-order valence-electron chi connectivity index (χ1n) is 8.67. The van der Waals surface area contributed by atoms with Crippen LogP contribution in [0.25, 0.3) is 11.3 Å². The van der Waals surface area contributed by atoms with Crippen molar-refractivity contribution >= 4 is 23.3 Å². The number of oxazole rings is 1. The van der Waals surface area contributed by atoms with Crippen LogP contribution in [0.3, 0.4) is 0 Å². The van der Waals surface area contributed by atoms with Crippen molar-refractivity contribution in [2.45, 2.75) is 19.4 Å². The fourth-order valence-electron chi connectivity index (χ4n) is 2.69. The average Bonchev–Trinajstić information content (AvgIpc) is 3.42. The summed E-state index contributed by atoms with van der Waals surface area (Å²) in [4.78, 5) is 17.7. The number of halogens is 3. The van der Waals surface area contributed by atoms with Crippen molar-refractivity contribution in [3.8, 4) is 11.3 Å². The number of furan rings is 1. The van der Waals surface area contributed by atoms with Crippen molar-refractivity contribution in [2.75, 3.05) is 5.32 Å². The molecule has 0 fully saturated rings. The van der Waals surface area contributed by atoms with E-state index in [-0.39, 0.29) is 29.6 Å².